The van der Waals surface area contributed by atoms with Crippen LogP contribution in [0.4, 0.5) is 13.6 Å². The van der Waals surface area contributed by atoms with E-state index in [-0.39, 0.29) is 11.0 Å². The molecule has 5 rings (SSSR count). The predicted molar refractivity (Wildman–Crippen MR) is 96.5 cm³/mol. The van der Waals surface area contributed by atoms with Crippen LogP contribution in [0, 0.1) is 11.6 Å². The molecule has 1 aromatic heterocycles. The summed E-state index contributed by atoms with van der Waals surface area (Å²) in [6.45, 7) is 0.454. The van der Waals surface area contributed by atoms with E-state index in [0.717, 1.165) is 41.1 Å². The number of amides is 1. The molecular formula is C21H18F2N2O2. The van der Waals surface area contributed by atoms with E-state index < -0.39 is 23.8 Å². The van der Waals surface area contributed by atoms with Crippen molar-refractivity contribution in [3.63, 3.8) is 0 Å². The quantitative estimate of drug-likeness (QED) is 0.680. The highest BCUT2D eigenvalue weighted by Gasteiger charge is 2.55. The van der Waals surface area contributed by atoms with E-state index in [0.29, 0.717) is 6.54 Å². The predicted octanol–water partition coefficient (Wildman–Crippen LogP) is 4.65. The Hall–Kier alpha value is -2.89. The molecule has 2 heterocycles. The SMILES string of the molecule is COC(=O)N1CC2(CC2)c2c([nH]c3ccccc23)C1c1ccc(F)cc1F. The second-order valence-electron chi connectivity index (χ2n) is 7.41. The van der Waals surface area contributed by atoms with E-state index in [4.69, 9.17) is 4.74 Å². The lowest BCUT2D eigenvalue weighted by atomic mass is 9.83. The van der Waals surface area contributed by atoms with Crippen LogP contribution in [0.3, 0.4) is 0 Å². The first-order chi connectivity index (χ1) is 13.0. The Morgan fingerprint density at radius 3 is 2.70 bits per heavy atom. The number of benzene rings is 2. The zero-order valence-corrected chi connectivity index (χ0v) is 14.8. The molecule has 1 N–H and O–H groups in total. The van der Waals surface area contributed by atoms with Crippen molar-refractivity contribution in [3.05, 3.63) is 70.9 Å². The number of nitrogens with zero attached hydrogens (tertiary/aromatic N) is 1. The summed E-state index contributed by atoms with van der Waals surface area (Å²) in [5.41, 5.74) is 3.01. The van der Waals surface area contributed by atoms with E-state index in [1.165, 1.54) is 19.2 Å². The summed E-state index contributed by atoms with van der Waals surface area (Å²) >= 11 is 0. The lowest BCUT2D eigenvalue weighted by Gasteiger charge is -2.39. The third-order valence-electron chi connectivity index (χ3n) is 5.84. The third-order valence-corrected chi connectivity index (χ3v) is 5.84. The summed E-state index contributed by atoms with van der Waals surface area (Å²) in [4.78, 5) is 17.5. The van der Waals surface area contributed by atoms with Gasteiger partial charge < -0.3 is 9.72 Å². The molecule has 0 bridgehead atoms. The molecule has 0 radical (unpaired) electrons. The van der Waals surface area contributed by atoms with Crippen molar-refractivity contribution in [3.8, 4) is 0 Å². The molecule has 2 aliphatic rings. The van der Waals surface area contributed by atoms with Gasteiger partial charge in [-0.05, 0) is 30.5 Å². The van der Waals surface area contributed by atoms with Crippen LogP contribution < -0.4 is 0 Å². The molecule has 1 aliphatic carbocycles. The van der Waals surface area contributed by atoms with Gasteiger partial charge in [-0.3, -0.25) is 4.90 Å². The Labute approximate surface area is 154 Å². The van der Waals surface area contributed by atoms with Crippen molar-refractivity contribution in [1.29, 1.82) is 0 Å². The van der Waals surface area contributed by atoms with E-state index in [1.54, 1.807) is 4.90 Å². The molecule has 27 heavy (non-hydrogen) atoms. The molecule has 3 aromatic rings. The van der Waals surface area contributed by atoms with Crippen LogP contribution in [0.15, 0.2) is 42.5 Å². The number of H-pyrrole nitrogens is 1. The lowest BCUT2D eigenvalue weighted by Crippen LogP contribution is -2.45. The van der Waals surface area contributed by atoms with Crippen LogP contribution in [0.1, 0.15) is 35.7 Å². The summed E-state index contributed by atoms with van der Waals surface area (Å²) in [6, 6.07) is 10.7. The van der Waals surface area contributed by atoms with Gasteiger partial charge in [-0.15, -0.1) is 0 Å². The number of aromatic amines is 1. The Kier molecular flexibility index (Phi) is 3.35. The molecule has 1 saturated carbocycles. The highest BCUT2D eigenvalue weighted by atomic mass is 19.1. The number of carbonyl (C=O) groups is 1. The first-order valence-corrected chi connectivity index (χ1v) is 8.95. The topological polar surface area (TPSA) is 45.3 Å². The molecular weight excluding hydrogens is 350 g/mol. The van der Waals surface area contributed by atoms with Gasteiger partial charge in [0, 0.05) is 40.2 Å². The van der Waals surface area contributed by atoms with Crippen molar-refractivity contribution in [2.24, 2.45) is 0 Å². The van der Waals surface area contributed by atoms with Crippen LogP contribution >= 0.6 is 0 Å². The summed E-state index contributed by atoms with van der Waals surface area (Å²) in [7, 11) is 1.32. The number of fused-ring (bicyclic) bond motifs is 4. The van der Waals surface area contributed by atoms with Gasteiger partial charge >= 0.3 is 6.09 Å². The molecule has 4 nitrogen and oxygen atoms in total. The highest BCUT2D eigenvalue weighted by Crippen LogP contribution is 2.58. The molecule has 1 spiro atoms. The standard InChI is InChI=1S/C21H18F2N2O2/c1-27-20(26)25-11-21(8-9-21)17-14-4-2-3-5-16(14)24-18(17)19(25)13-7-6-12(22)10-15(13)23/h2-7,10,19,24H,8-9,11H2,1H3. The minimum atomic E-state index is -0.688. The van der Waals surface area contributed by atoms with E-state index >= 15 is 0 Å². The Morgan fingerprint density at radius 2 is 2.00 bits per heavy atom. The van der Waals surface area contributed by atoms with Gasteiger partial charge in [0.15, 0.2) is 0 Å². The van der Waals surface area contributed by atoms with Gasteiger partial charge in [-0.25, -0.2) is 13.6 Å². The fourth-order valence-corrected chi connectivity index (χ4v) is 4.48. The van der Waals surface area contributed by atoms with Crippen molar-refractivity contribution < 1.29 is 18.3 Å². The Bertz CT molecular complexity index is 1070. The molecule has 1 unspecified atom stereocenters. The number of ether oxygens (including phenoxy) is 1. The lowest BCUT2D eigenvalue weighted by molar-refractivity contribution is 0.100. The van der Waals surface area contributed by atoms with Crippen molar-refractivity contribution in [2.45, 2.75) is 24.3 Å². The molecule has 0 saturated heterocycles. The molecule has 1 atom stereocenters. The maximum Gasteiger partial charge on any atom is 0.410 e. The van der Waals surface area contributed by atoms with Crippen LogP contribution in [0.2, 0.25) is 0 Å². The number of hydrogen-bond acceptors (Lipinski definition) is 2. The minimum Gasteiger partial charge on any atom is -0.453 e. The maximum absolute atomic E-state index is 14.7. The third kappa shape index (κ3) is 2.29. The van der Waals surface area contributed by atoms with E-state index in [1.807, 2.05) is 18.2 Å². The Balaban J connectivity index is 1.79. The summed E-state index contributed by atoms with van der Waals surface area (Å²) in [6.07, 6.45) is 1.42. The number of methoxy groups -OCH3 is 1. The van der Waals surface area contributed by atoms with Crippen LogP contribution in [-0.2, 0) is 10.2 Å². The fraction of sp³-hybridized carbons (Fsp3) is 0.286. The highest BCUT2D eigenvalue weighted by molar-refractivity contribution is 5.88. The monoisotopic (exact) mass is 368 g/mol. The number of carbonyl (C=O) groups excluding carboxylic acids is 1. The number of hydrogen-bond donors (Lipinski definition) is 1. The zero-order chi connectivity index (χ0) is 18.8. The summed E-state index contributed by atoms with van der Waals surface area (Å²) < 4.78 is 33.2. The van der Waals surface area contributed by atoms with Gasteiger partial charge in [0.2, 0.25) is 0 Å². The van der Waals surface area contributed by atoms with Crippen LogP contribution in [-0.4, -0.2) is 29.6 Å². The smallest absolute Gasteiger partial charge is 0.410 e. The number of halogens is 2. The molecule has 1 fully saturated rings. The van der Waals surface area contributed by atoms with Crippen molar-refractivity contribution in [1.82, 2.24) is 9.88 Å². The van der Waals surface area contributed by atoms with E-state index in [2.05, 4.69) is 11.1 Å². The zero-order valence-electron chi connectivity index (χ0n) is 14.8. The van der Waals surface area contributed by atoms with Gasteiger partial charge in [0.1, 0.15) is 17.7 Å². The van der Waals surface area contributed by atoms with E-state index in [9.17, 15) is 13.6 Å². The average molecular weight is 368 g/mol. The first-order valence-electron chi connectivity index (χ1n) is 8.95. The van der Waals surface area contributed by atoms with Crippen molar-refractivity contribution >= 4 is 17.0 Å². The van der Waals surface area contributed by atoms with Crippen LogP contribution in [0.25, 0.3) is 10.9 Å². The minimum absolute atomic E-state index is 0.129. The van der Waals surface area contributed by atoms with Gasteiger partial charge in [0.25, 0.3) is 0 Å². The number of para-hydroxylation sites is 1. The second kappa shape index (κ2) is 5.55. The molecule has 1 amide bonds. The molecule has 138 valence electrons. The Morgan fingerprint density at radius 1 is 1.22 bits per heavy atom. The molecule has 2 aromatic carbocycles. The van der Waals surface area contributed by atoms with Gasteiger partial charge in [-0.1, -0.05) is 24.3 Å². The maximum atomic E-state index is 14.7. The van der Waals surface area contributed by atoms with Crippen molar-refractivity contribution in [2.75, 3.05) is 13.7 Å². The fourth-order valence-electron chi connectivity index (χ4n) is 4.48. The second-order valence-corrected chi connectivity index (χ2v) is 7.41. The number of nitrogens with one attached hydrogen (secondary N) is 1. The summed E-state index contributed by atoms with van der Waals surface area (Å²) in [5, 5.41) is 1.10. The largest absolute Gasteiger partial charge is 0.453 e. The number of aromatic nitrogens is 1. The van der Waals surface area contributed by atoms with Crippen LogP contribution in [0.5, 0.6) is 0 Å². The average Bonchev–Trinajstić information content (AvgIpc) is 3.31. The molecule has 6 heteroatoms. The molecule has 1 aliphatic heterocycles. The van der Waals surface area contributed by atoms with Gasteiger partial charge in [0.05, 0.1) is 7.11 Å². The normalized spacial score (nSPS) is 20.0. The summed E-state index contributed by atoms with van der Waals surface area (Å²) in [5.74, 6) is -1.32. The number of rotatable bonds is 1. The van der Waals surface area contributed by atoms with Gasteiger partial charge in [-0.2, -0.15) is 0 Å². The first kappa shape index (κ1) is 16.3.